The molecule has 0 radical (unpaired) electrons. The number of carbonyl (C=O) groups is 1. The average Bonchev–Trinajstić information content (AvgIpc) is 2.49. The van der Waals surface area contributed by atoms with E-state index in [2.05, 4.69) is 31.2 Å². The van der Waals surface area contributed by atoms with Crippen LogP contribution in [-0.2, 0) is 0 Å². The number of amides is 1. The first kappa shape index (κ1) is 19.2. The normalized spacial score (nSPS) is 11.9. The minimum atomic E-state index is -0.458. The van der Waals surface area contributed by atoms with Gasteiger partial charge < -0.3 is 15.8 Å². The van der Waals surface area contributed by atoms with E-state index in [1.165, 1.54) is 0 Å². The molecule has 0 spiro atoms. The van der Waals surface area contributed by atoms with Crippen LogP contribution in [0.3, 0.4) is 0 Å². The molecule has 6 nitrogen and oxygen atoms in total. The van der Waals surface area contributed by atoms with Crippen LogP contribution in [-0.4, -0.2) is 22.4 Å². The molecular formula is C18H23BrN4O2. The van der Waals surface area contributed by atoms with Crippen LogP contribution in [0.2, 0.25) is 0 Å². The fraction of sp³-hybridized carbons (Fsp3) is 0.389. The quantitative estimate of drug-likeness (QED) is 0.790. The van der Waals surface area contributed by atoms with Crippen molar-refractivity contribution < 1.29 is 9.53 Å². The van der Waals surface area contributed by atoms with Gasteiger partial charge in [0.05, 0.1) is 17.0 Å². The van der Waals surface area contributed by atoms with Crippen molar-refractivity contribution in [3.63, 3.8) is 0 Å². The van der Waals surface area contributed by atoms with E-state index in [-0.39, 0.29) is 11.9 Å². The van der Waals surface area contributed by atoms with Crippen molar-refractivity contribution in [3.05, 3.63) is 44.7 Å². The summed E-state index contributed by atoms with van der Waals surface area (Å²) in [6.07, 6.45) is -0.458. The molecule has 2 aromatic rings. The number of nitrogen functional groups attached to an aromatic ring is 1. The molecule has 3 N–H and O–H groups in total. The highest BCUT2D eigenvalue weighted by atomic mass is 79.9. The van der Waals surface area contributed by atoms with Crippen molar-refractivity contribution in [3.8, 4) is 5.75 Å². The number of anilines is 1. The second-order valence-corrected chi connectivity index (χ2v) is 6.83. The number of benzene rings is 1. The Morgan fingerprint density at radius 3 is 2.44 bits per heavy atom. The van der Waals surface area contributed by atoms with Gasteiger partial charge >= 0.3 is 0 Å². The van der Waals surface area contributed by atoms with E-state index < -0.39 is 6.10 Å². The van der Waals surface area contributed by atoms with Gasteiger partial charge in [-0.2, -0.15) is 0 Å². The van der Waals surface area contributed by atoms with Gasteiger partial charge in [0.25, 0.3) is 5.91 Å². The van der Waals surface area contributed by atoms with Gasteiger partial charge in [0.2, 0.25) is 5.95 Å². The third-order valence-corrected chi connectivity index (χ3v) is 4.26. The number of rotatable bonds is 5. The van der Waals surface area contributed by atoms with Gasteiger partial charge in [-0.05, 0) is 57.9 Å². The summed E-state index contributed by atoms with van der Waals surface area (Å²) >= 11 is 3.48. The first-order chi connectivity index (χ1) is 11.7. The van der Waals surface area contributed by atoms with Crippen LogP contribution in [0.25, 0.3) is 0 Å². The van der Waals surface area contributed by atoms with Crippen LogP contribution in [0.5, 0.6) is 5.75 Å². The molecule has 0 saturated heterocycles. The Labute approximate surface area is 156 Å². The molecule has 1 aromatic carbocycles. The highest BCUT2D eigenvalue weighted by molar-refractivity contribution is 9.10. The van der Waals surface area contributed by atoms with Crippen LogP contribution in [0, 0.1) is 20.8 Å². The monoisotopic (exact) mass is 406 g/mol. The summed E-state index contributed by atoms with van der Waals surface area (Å²) in [6.45, 7) is 9.93. The van der Waals surface area contributed by atoms with Crippen molar-refractivity contribution in [2.24, 2.45) is 0 Å². The molecule has 1 aromatic heterocycles. The number of nitrogens with one attached hydrogen (secondary N) is 1. The molecule has 0 saturated carbocycles. The molecule has 2 rings (SSSR count). The molecule has 0 aliphatic carbocycles. The summed E-state index contributed by atoms with van der Waals surface area (Å²) in [5.41, 5.74) is 9.22. The lowest BCUT2D eigenvalue weighted by Gasteiger charge is -2.21. The summed E-state index contributed by atoms with van der Waals surface area (Å²) in [7, 11) is 0. The molecule has 25 heavy (non-hydrogen) atoms. The largest absolute Gasteiger partial charge is 0.484 e. The summed E-state index contributed by atoms with van der Waals surface area (Å²) < 4.78 is 7.14. The van der Waals surface area contributed by atoms with E-state index in [9.17, 15) is 4.79 Å². The van der Waals surface area contributed by atoms with Gasteiger partial charge in [-0.1, -0.05) is 15.9 Å². The molecule has 0 aliphatic heterocycles. The zero-order valence-electron chi connectivity index (χ0n) is 15.1. The number of aromatic nitrogens is 2. The fourth-order valence-corrected chi connectivity index (χ4v) is 3.44. The van der Waals surface area contributed by atoms with Gasteiger partial charge in [-0.3, -0.25) is 4.79 Å². The summed E-state index contributed by atoms with van der Waals surface area (Å²) in [5.74, 6) is 0.669. The van der Waals surface area contributed by atoms with Crippen LogP contribution in [0.15, 0.2) is 16.6 Å². The number of halogens is 1. The number of nitrogens with zero attached hydrogens (tertiary/aromatic N) is 2. The standard InChI is InChI=1S/C18H23BrN4O2/c1-6-21-17(24)14-11(4)22-18(20)23-15(14)12(5)25-16-9(2)7-13(19)8-10(16)3/h7-8,12H,6H2,1-5H3,(H,21,24)(H2,20,22,23). The van der Waals surface area contributed by atoms with Crippen LogP contribution >= 0.6 is 15.9 Å². The Bertz CT molecular complexity index is 785. The molecule has 1 unspecified atom stereocenters. The predicted molar refractivity (Wildman–Crippen MR) is 102 cm³/mol. The third-order valence-electron chi connectivity index (χ3n) is 3.80. The number of hydrogen-bond acceptors (Lipinski definition) is 5. The lowest BCUT2D eigenvalue weighted by molar-refractivity contribution is 0.0949. The van der Waals surface area contributed by atoms with Crippen LogP contribution < -0.4 is 15.8 Å². The predicted octanol–water partition coefficient (Wildman–Crippen LogP) is 3.64. The maximum Gasteiger partial charge on any atom is 0.255 e. The maximum absolute atomic E-state index is 12.4. The lowest BCUT2D eigenvalue weighted by atomic mass is 10.1. The zero-order valence-corrected chi connectivity index (χ0v) is 16.7. The first-order valence-electron chi connectivity index (χ1n) is 8.10. The second kappa shape index (κ2) is 7.82. The lowest BCUT2D eigenvalue weighted by Crippen LogP contribution is -2.27. The molecule has 1 heterocycles. The van der Waals surface area contributed by atoms with Crippen molar-refractivity contribution in [2.75, 3.05) is 12.3 Å². The molecule has 0 fully saturated rings. The van der Waals surface area contributed by atoms with E-state index in [1.54, 1.807) is 6.92 Å². The molecule has 0 bridgehead atoms. The Morgan fingerprint density at radius 1 is 1.28 bits per heavy atom. The van der Waals surface area contributed by atoms with E-state index in [0.29, 0.717) is 23.5 Å². The molecule has 1 amide bonds. The minimum Gasteiger partial charge on any atom is -0.484 e. The molecule has 7 heteroatoms. The highest BCUT2D eigenvalue weighted by Gasteiger charge is 2.24. The zero-order chi connectivity index (χ0) is 18.7. The van der Waals surface area contributed by atoms with Crippen molar-refractivity contribution in [1.29, 1.82) is 0 Å². The summed E-state index contributed by atoms with van der Waals surface area (Å²) in [5, 5.41) is 2.79. The second-order valence-electron chi connectivity index (χ2n) is 5.92. The topological polar surface area (TPSA) is 90.1 Å². The van der Waals surface area contributed by atoms with E-state index in [0.717, 1.165) is 21.3 Å². The van der Waals surface area contributed by atoms with Gasteiger partial charge in [0.1, 0.15) is 11.9 Å². The van der Waals surface area contributed by atoms with Crippen molar-refractivity contribution in [1.82, 2.24) is 15.3 Å². The fourth-order valence-electron chi connectivity index (χ4n) is 2.76. The first-order valence-corrected chi connectivity index (χ1v) is 8.89. The number of ether oxygens (including phenoxy) is 1. The Morgan fingerprint density at radius 2 is 1.88 bits per heavy atom. The van der Waals surface area contributed by atoms with Gasteiger partial charge in [0.15, 0.2) is 0 Å². The van der Waals surface area contributed by atoms with Gasteiger partial charge in [0, 0.05) is 11.0 Å². The van der Waals surface area contributed by atoms with E-state index >= 15 is 0 Å². The summed E-state index contributed by atoms with van der Waals surface area (Å²) in [4.78, 5) is 20.8. The smallest absolute Gasteiger partial charge is 0.255 e. The Hall–Kier alpha value is -2.15. The number of aryl methyl sites for hydroxylation is 3. The number of carbonyl (C=O) groups excluding carboxylic acids is 1. The van der Waals surface area contributed by atoms with Crippen molar-refractivity contribution in [2.45, 2.75) is 40.7 Å². The average molecular weight is 407 g/mol. The third kappa shape index (κ3) is 4.28. The SMILES string of the molecule is CCNC(=O)c1c(C)nc(N)nc1C(C)Oc1c(C)cc(Br)cc1C. The van der Waals surface area contributed by atoms with Gasteiger partial charge in [-0.25, -0.2) is 9.97 Å². The Kier molecular flexibility index (Phi) is 6.00. The maximum atomic E-state index is 12.4. The highest BCUT2D eigenvalue weighted by Crippen LogP contribution is 2.32. The molecule has 134 valence electrons. The minimum absolute atomic E-state index is 0.125. The van der Waals surface area contributed by atoms with Crippen LogP contribution in [0.1, 0.15) is 52.8 Å². The Balaban J connectivity index is 2.46. The van der Waals surface area contributed by atoms with E-state index in [4.69, 9.17) is 10.5 Å². The van der Waals surface area contributed by atoms with Crippen molar-refractivity contribution >= 4 is 27.8 Å². The molecular weight excluding hydrogens is 384 g/mol. The van der Waals surface area contributed by atoms with E-state index in [1.807, 2.05) is 39.8 Å². The summed E-state index contributed by atoms with van der Waals surface area (Å²) in [6, 6.07) is 3.97. The molecule has 0 aliphatic rings. The van der Waals surface area contributed by atoms with Crippen LogP contribution in [0.4, 0.5) is 5.95 Å². The number of hydrogen-bond donors (Lipinski definition) is 2. The number of nitrogens with two attached hydrogens (primary N) is 1. The van der Waals surface area contributed by atoms with Gasteiger partial charge in [-0.15, -0.1) is 0 Å². The molecule has 1 atom stereocenters.